The summed E-state index contributed by atoms with van der Waals surface area (Å²) in [6, 6.07) is 99.2. The summed E-state index contributed by atoms with van der Waals surface area (Å²) in [6.07, 6.45) is 5.67. The molecule has 1 atom stereocenters. The van der Waals surface area contributed by atoms with Crippen LogP contribution in [0.25, 0.3) is 150 Å². The summed E-state index contributed by atoms with van der Waals surface area (Å²) in [5.41, 5.74) is 24.8. The highest BCUT2D eigenvalue weighted by Crippen LogP contribution is 2.44. The van der Waals surface area contributed by atoms with Crippen LogP contribution < -0.4 is 0 Å². The van der Waals surface area contributed by atoms with Gasteiger partial charge in [-0.05, 0) is 182 Å². The van der Waals surface area contributed by atoms with Crippen LogP contribution in [0.3, 0.4) is 0 Å². The first kappa shape index (κ1) is 47.2. The Morgan fingerprint density at radius 3 is 1.27 bits per heavy atom. The Hall–Kier alpha value is -10.7. The van der Waals surface area contributed by atoms with Crippen LogP contribution in [0.5, 0.6) is 0 Å². The first-order chi connectivity index (χ1) is 40.9. The zero-order valence-electron chi connectivity index (χ0n) is 45.6. The molecule has 0 aliphatic heterocycles. The highest BCUT2D eigenvalue weighted by molar-refractivity contribution is 6.12. The van der Waals surface area contributed by atoms with Gasteiger partial charge < -0.3 is 18.0 Å². The number of allylic oxidation sites excluding steroid dienone is 1. The number of fused-ring (bicyclic) bond motifs is 12. The molecule has 0 fully saturated rings. The molecule has 0 saturated carbocycles. The number of para-hydroxylation sites is 2. The van der Waals surface area contributed by atoms with Gasteiger partial charge in [0.15, 0.2) is 0 Å². The molecule has 16 aromatic rings. The third kappa shape index (κ3) is 7.67. The second-order valence-electron chi connectivity index (χ2n) is 22.7. The third-order valence-electron chi connectivity index (χ3n) is 17.7. The molecule has 0 amide bonds. The van der Waals surface area contributed by atoms with Gasteiger partial charge in [-0.1, -0.05) is 183 Å². The van der Waals surface area contributed by atoms with Gasteiger partial charge in [0, 0.05) is 60.2 Å². The third-order valence-corrected chi connectivity index (χ3v) is 17.7. The first-order valence-electron chi connectivity index (χ1n) is 28.7. The van der Waals surface area contributed by atoms with E-state index in [1.54, 1.807) is 0 Å². The van der Waals surface area contributed by atoms with Crippen LogP contribution in [0.2, 0.25) is 0 Å². The molecule has 4 heterocycles. The zero-order valence-corrected chi connectivity index (χ0v) is 45.6. The predicted octanol–water partition coefficient (Wildman–Crippen LogP) is 21.4. The summed E-state index contributed by atoms with van der Waals surface area (Å²) < 4.78 is 17.9. The molecule has 0 radical (unpaired) electrons. The van der Waals surface area contributed by atoms with Crippen molar-refractivity contribution in [1.82, 2.24) is 9.13 Å². The lowest BCUT2D eigenvalue weighted by Gasteiger charge is -2.30. The van der Waals surface area contributed by atoms with Gasteiger partial charge >= 0.3 is 0 Å². The van der Waals surface area contributed by atoms with E-state index < -0.39 is 0 Å². The van der Waals surface area contributed by atoms with Crippen LogP contribution in [-0.2, 0) is 11.8 Å². The largest absolute Gasteiger partial charge is 0.456 e. The minimum atomic E-state index is -0.0914. The van der Waals surface area contributed by atoms with Crippen molar-refractivity contribution in [2.24, 2.45) is 0 Å². The maximum Gasteiger partial charge on any atom is 0.135 e. The average Bonchev–Trinajstić information content (AvgIpc) is 2.51. The van der Waals surface area contributed by atoms with E-state index in [1.165, 1.54) is 60.7 Å². The van der Waals surface area contributed by atoms with Crippen molar-refractivity contribution in [2.45, 2.75) is 18.8 Å². The van der Waals surface area contributed by atoms with Crippen LogP contribution in [0.4, 0.5) is 0 Å². The number of hydrogen-bond acceptors (Lipinski definition) is 2. The Labute approximate surface area is 479 Å². The summed E-state index contributed by atoms with van der Waals surface area (Å²) in [5.74, 6) is 0. The lowest BCUT2D eigenvalue weighted by atomic mass is 9.74. The van der Waals surface area contributed by atoms with E-state index in [9.17, 15) is 0 Å². The predicted molar refractivity (Wildman–Crippen MR) is 346 cm³/mol. The van der Waals surface area contributed by atoms with Crippen molar-refractivity contribution >= 4 is 82.7 Å². The monoisotopic (exact) mass is 1060 g/mol. The zero-order chi connectivity index (χ0) is 54.8. The number of benzene rings is 12. The molecule has 1 aliphatic rings. The van der Waals surface area contributed by atoms with Crippen molar-refractivity contribution in [1.29, 1.82) is 0 Å². The maximum atomic E-state index is 6.53. The minimum absolute atomic E-state index is 0.0914. The number of rotatable bonds is 8. The normalized spacial score (nSPS) is 14.3. The fourth-order valence-corrected chi connectivity index (χ4v) is 13.5. The lowest BCUT2D eigenvalue weighted by molar-refractivity contribution is 0.588. The first-order valence-corrected chi connectivity index (χ1v) is 28.7. The van der Waals surface area contributed by atoms with E-state index >= 15 is 0 Å². The summed E-state index contributed by atoms with van der Waals surface area (Å²) in [6.45, 7) is 2.36. The van der Waals surface area contributed by atoms with Crippen LogP contribution >= 0.6 is 0 Å². The second-order valence-corrected chi connectivity index (χ2v) is 22.7. The van der Waals surface area contributed by atoms with Gasteiger partial charge in [-0.25, -0.2) is 0 Å². The quantitative estimate of drug-likeness (QED) is 0.152. The Kier molecular flexibility index (Phi) is 10.5. The molecule has 0 spiro atoms. The van der Waals surface area contributed by atoms with Gasteiger partial charge in [0.05, 0.1) is 16.6 Å². The van der Waals surface area contributed by atoms with Crippen LogP contribution in [0.15, 0.2) is 288 Å². The van der Waals surface area contributed by atoms with Gasteiger partial charge in [0.25, 0.3) is 0 Å². The summed E-state index contributed by atoms with van der Waals surface area (Å²) in [4.78, 5) is 0. The Morgan fingerprint density at radius 2 is 0.699 bits per heavy atom. The fraction of sp³-hybridized carbons (Fsp3) is 0.0380. The fourth-order valence-electron chi connectivity index (χ4n) is 13.5. The molecular weight excluding hydrogens is 1010 g/mol. The highest BCUT2D eigenvalue weighted by atomic mass is 16.3. The van der Waals surface area contributed by atoms with Crippen LogP contribution in [0, 0.1) is 0 Å². The van der Waals surface area contributed by atoms with Crippen molar-refractivity contribution < 1.29 is 8.83 Å². The van der Waals surface area contributed by atoms with Crippen molar-refractivity contribution in [3.63, 3.8) is 0 Å². The number of hydrogen-bond donors (Lipinski definition) is 0. The van der Waals surface area contributed by atoms with Crippen LogP contribution in [0.1, 0.15) is 23.7 Å². The van der Waals surface area contributed by atoms with Gasteiger partial charge in [-0.2, -0.15) is 0 Å². The van der Waals surface area contributed by atoms with Gasteiger partial charge in [0.2, 0.25) is 0 Å². The number of nitrogens with zero attached hydrogens (tertiary/aromatic N) is 2. The Bertz CT molecular complexity index is 5320. The summed E-state index contributed by atoms with van der Waals surface area (Å²) in [7, 11) is 0. The number of aromatic nitrogens is 2. The molecule has 0 N–H and O–H groups in total. The Balaban J connectivity index is 0.680. The molecule has 390 valence electrons. The molecule has 4 nitrogen and oxygen atoms in total. The molecule has 12 aromatic carbocycles. The molecule has 1 aliphatic carbocycles. The van der Waals surface area contributed by atoms with E-state index in [4.69, 9.17) is 8.83 Å². The molecule has 17 rings (SSSR count). The van der Waals surface area contributed by atoms with E-state index in [2.05, 4.69) is 301 Å². The lowest BCUT2D eigenvalue weighted by Crippen LogP contribution is -2.25. The van der Waals surface area contributed by atoms with Gasteiger partial charge in [-0.3, -0.25) is 0 Å². The molecule has 0 bridgehead atoms. The molecule has 0 saturated heterocycles. The van der Waals surface area contributed by atoms with Gasteiger partial charge in [-0.15, -0.1) is 0 Å². The van der Waals surface area contributed by atoms with Gasteiger partial charge in [0.1, 0.15) is 22.3 Å². The van der Waals surface area contributed by atoms with Crippen molar-refractivity contribution in [3.8, 4) is 67.0 Å². The van der Waals surface area contributed by atoms with Crippen molar-refractivity contribution in [3.05, 3.63) is 296 Å². The molecule has 83 heavy (non-hydrogen) atoms. The standard InChI is InChI=1S/C79H52N2O2/c1-79(60-23-6-3-7-24-60)40-39-74-70(49-79)64-26-9-11-28-72(64)81(74)62-33-38-78-69(48-62)67-46-59(31-36-76(67)83-78)56-22-14-20-54(43-56)52-18-12-17-51(41-52)53-19-13-21-55(42-53)58-30-35-75-66(45-58)68-47-61(32-37-77(68)82-75)80-71-27-10-8-25-63(71)65-44-57(29-34-73(65)80)50-15-4-2-5-16-50/h2-48H,49H2,1H3. The second kappa shape index (κ2) is 18.4. The minimum Gasteiger partial charge on any atom is -0.456 e. The topological polar surface area (TPSA) is 36.1 Å². The maximum absolute atomic E-state index is 6.53. The average molecular weight is 1060 g/mol. The highest BCUT2D eigenvalue weighted by Gasteiger charge is 2.32. The summed E-state index contributed by atoms with van der Waals surface area (Å²) in [5, 5.41) is 8.16. The van der Waals surface area contributed by atoms with Crippen LogP contribution in [-0.4, -0.2) is 9.13 Å². The van der Waals surface area contributed by atoms with E-state index in [-0.39, 0.29) is 5.41 Å². The van der Waals surface area contributed by atoms with E-state index in [0.29, 0.717) is 0 Å². The Morgan fingerprint density at radius 1 is 0.301 bits per heavy atom. The summed E-state index contributed by atoms with van der Waals surface area (Å²) >= 11 is 0. The smallest absolute Gasteiger partial charge is 0.135 e. The SMILES string of the molecule is CC1(c2ccccc2)C=Cc2c(c3ccccc3n2-c2ccc3oc4ccc(-c5cccc(-c6cccc(-c7cccc(-c8ccc9oc%10ccc(-n%11c%12ccccc%12c%12cc(-c%13ccccc%13)ccc%12%11)cc%10c9c8)c7)c6)c5)cc4c3c2)C1. The molecule has 4 aromatic heterocycles. The van der Waals surface area contributed by atoms with E-state index in [0.717, 1.165) is 106 Å². The number of furan rings is 2. The van der Waals surface area contributed by atoms with E-state index in [1.807, 2.05) is 0 Å². The molecular formula is C79H52N2O2. The molecule has 1 unspecified atom stereocenters. The van der Waals surface area contributed by atoms with Crippen molar-refractivity contribution in [2.75, 3.05) is 0 Å². The molecule has 4 heteroatoms.